The Morgan fingerprint density at radius 3 is 2.67 bits per heavy atom. The van der Waals surface area contributed by atoms with Gasteiger partial charge in [-0.05, 0) is 38.5 Å². The van der Waals surface area contributed by atoms with E-state index in [0.717, 1.165) is 5.56 Å². The average Bonchev–Trinajstić information content (AvgIpc) is 2.25. The molecule has 0 aromatic heterocycles. The summed E-state index contributed by atoms with van der Waals surface area (Å²) in [5.74, 6) is 0. The van der Waals surface area contributed by atoms with Crippen LogP contribution in [0.2, 0.25) is 5.02 Å². The molecule has 0 bridgehead atoms. The Hall–Kier alpha value is -1.73. The molecule has 0 saturated heterocycles. The van der Waals surface area contributed by atoms with Gasteiger partial charge in [-0.2, -0.15) is 5.26 Å². The van der Waals surface area contributed by atoms with Crippen molar-refractivity contribution in [2.24, 2.45) is 0 Å². The summed E-state index contributed by atoms with van der Waals surface area (Å²) in [6, 6.07) is 6.91. The molecule has 96 valence electrons. The van der Waals surface area contributed by atoms with Crippen LogP contribution in [0, 0.1) is 11.3 Å². The number of nitrogens with one attached hydrogen (secondary N) is 1. The molecule has 1 N–H and O–H groups in total. The lowest BCUT2D eigenvalue weighted by Crippen LogP contribution is -2.32. The van der Waals surface area contributed by atoms with Crippen molar-refractivity contribution in [2.45, 2.75) is 32.9 Å². The highest BCUT2D eigenvalue weighted by Gasteiger charge is 2.15. The zero-order valence-corrected chi connectivity index (χ0v) is 11.3. The molecular formula is C13H15ClN2O2. The smallest absolute Gasteiger partial charge is 0.407 e. The van der Waals surface area contributed by atoms with Gasteiger partial charge in [0.1, 0.15) is 5.60 Å². The molecule has 1 amide bonds. The van der Waals surface area contributed by atoms with Gasteiger partial charge in [0.2, 0.25) is 0 Å². The number of halogens is 1. The van der Waals surface area contributed by atoms with Gasteiger partial charge in [0, 0.05) is 11.6 Å². The molecule has 1 aromatic rings. The molecule has 0 aliphatic carbocycles. The van der Waals surface area contributed by atoms with Gasteiger partial charge in [0.05, 0.1) is 11.6 Å². The number of rotatable bonds is 2. The summed E-state index contributed by atoms with van der Waals surface area (Å²) in [4.78, 5) is 11.4. The van der Waals surface area contributed by atoms with E-state index < -0.39 is 11.7 Å². The monoisotopic (exact) mass is 266 g/mol. The molecule has 18 heavy (non-hydrogen) atoms. The Labute approximate surface area is 112 Å². The van der Waals surface area contributed by atoms with Crippen LogP contribution in [0.5, 0.6) is 0 Å². The second-order valence-electron chi connectivity index (χ2n) is 4.77. The van der Waals surface area contributed by atoms with Gasteiger partial charge >= 0.3 is 6.09 Å². The molecule has 0 aliphatic heterocycles. The number of alkyl carbamates (subject to hydrolysis) is 1. The number of hydrogen-bond acceptors (Lipinski definition) is 3. The minimum atomic E-state index is -0.529. The molecule has 0 spiro atoms. The Balaban J connectivity index is 2.59. The Kier molecular flexibility index (Phi) is 4.57. The van der Waals surface area contributed by atoms with Crippen molar-refractivity contribution in [3.05, 3.63) is 34.3 Å². The molecule has 0 atom stereocenters. The van der Waals surface area contributed by atoms with Crippen LogP contribution in [0.15, 0.2) is 18.2 Å². The zero-order chi connectivity index (χ0) is 13.8. The van der Waals surface area contributed by atoms with Crippen LogP contribution in [0.3, 0.4) is 0 Å². The number of carbonyl (C=O) groups excluding carboxylic acids is 1. The molecule has 0 heterocycles. The first-order valence-corrected chi connectivity index (χ1v) is 5.85. The standard InChI is InChI=1S/C13H15ClN2O2/c1-13(2,3)18-12(17)16-8-10-5-4-9(7-15)6-11(10)14/h4-6H,8H2,1-3H3,(H,16,17). The van der Waals surface area contributed by atoms with Crippen LogP contribution < -0.4 is 5.32 Å². The van der Waals surface area contributed by atoms with E-state index in [9.17, 15) is 4.79 Å². The molecule has 1 rings (SSSR count). The molecule has 0 fully saturated rings. The van der Waals surface area contributed by atoms with Gasteiger partial charge in [0.15, 0.2) is 0 Å². The Morgan fingerprint density at radius 2 is 2.17 bits per heavy atom. The fraction of sp³-hybridized carbons (Fsp3) is 0.385. The van der Waals surface area contributed by atoms with Gasteiger partial charge in [-0.25, -0.2) is 4.79 Å². The van der Waals surface area contributed by atoms with Crippen LogP contribution in [0.1, 0.15) is 31.9 Å². The van der Waals surface area contributed by atoms with Crippen molar-refractivity contribution in [2.75, 3.05) is 0 Å². The predicted molar refractivity (Wildman–Crippen MR) is 69.2 cm³/mol. The second kappa shape index (κ2) is 5.74. The van der Waals surface area contributed by atoms with Crippen molar-refractivity contribution >= 4 is 17.7 Å². The van der Waals surface area contributed by atoms with Gasteiger partial charge in [-0.3, -0.25) is 0 Å². The summed E-state index contributed by atoms with van der Waals surface area (Å²) in [5, 5.41) is 11.8. The maximum atomic E-state index is 11.4. The zero-order valence-electron chi connectivity index (χ0n) is 10.6. The lowest BCUT2D eigenvalue weighted by atomic mass is 10.1. The third kappa shape index (κ3) is 4.64. The van der Waals surface area contributed by atoms with Crippen LogP contribution in [0.4, 0.5) is 4.79 Å². The summed E-state index contributed by atoms with van der Waals surface area (Å²) >= 11 is 5.98. The van der Waals surface area contributed by atoms with Gasteiger partial charge < -0.3 is 10.1 Å². The SMILES string of the molecule is CC(C)(C)OC(=O)NCc1ccc(C#N)cc1Cl. The first-order valence-electron chi connectivity index (χ1n) is 5.47. The third-order valence-corrected chi connectivity index (χ3v) is 2.36. The van der Waals surface area contributed by atoms with Gasteiger partial charge in [-0.15, -0.1) is 0 Å². The first kappa shape index (κ1) is 14.3. The summed E-state index contributed by atoms with van der Waals surface area (Å²) < 4.78 is 5.10. The molecule has 0 unspecified atom stereocenters. The molecule has 5 heteroatoms. The molecular weight excluding hydrogens is 252 g/mol. The summed E-state index contributed by atoms with van der Waals surface area (Å²) in [6.45, 7) is 5.64. The maximum Gasteiger partial charge on any atom is 0.407 e. The Bertz CT molecular complexity index is 487. The fourth-order valence-corrected chi connectivity index (χ4v) is 1.49. The highest BCUT2D eigenvalue weighted by Crippen LogP contribution is 2.17. The lowest BCUT2D eigenvalue weighted by Gasteiger charge is -2.19. The number of benzene rings is 1. The minimum Gasteiger partial charge on any atom is -0.444 e. The van der Waals surface area contributed by atoms with E-state index in [4.69, 9.17) is 21.6 Å². The topological polar surface area (TPSA) is 62.1 Å². The van der Waals surface area contributed by atoms with Crippen LogP contribution >= 0.6 is 11.6 Å². The number of amides is 1. The van der Waals surface area contributed by atoms with Crippen molar-refractivity contribution in [1.82, 2.24) is 5.32 Å². The van der Waals surface area contributed by atoms with Gasteiger partial charge in [-0.1, -0.05) is 17.7 Å². The van der Waals surface area contributed by atoms with E-state index in [0.29, 0.717) is 10.6 Å². The molecule has 0 aliphatic rings. The number of nitriles is 1. The molecule has 0 radical (unpaired) electrons. The van der Waals surface area contributed by atoms with Crippen molar-refractivity contribution in [3.8, 4) is 6.07 Å². The molecule has 1 aromatic carbocycles. The normalized spacial score (nSPS) is 10.6. The minimum absolute atomic E-state index is 0.263. The highest BCUT2D eigenvalue weighted by molar-refractivity contribution is 6.31. The lowest BCUT2D eigenvalue weighted by molar-refractivity contribution is 0.0523. The van der Waals surface area contributed by atoms with Gasteiger partial charge in [0.25, 0.3) is 0 Å². The number of hydrogen-bond donors (Lipinski definition) is 1. The molecule has 4 nitrogen and oxygen atoms in total. The van der Waals surface area contributed by atoms with Crippen molar-refractivity contribution in [1.29, 1.82) is 5.26 Å². The summed E-state index contributed by atoms with van der Waals surface area (Å²) in [7, 11) is 0. The quantitative estimate of drug-likeness (QED) is 0.894. The van der Waals surface area contributed by atoms with E-state index in [2.05, 4.69) is 5.32 Å². The van der Waals surface area contributed by atoms with E-state index in [1.165, 1.54) is 0 Å². The number of nitrogens with zero attached hydrogens (tertiary/aromatic N) is 1. The third-order valence-electron chi connectivity index (χ3n) is 2.00. The first-order chi connectivity index (χ1) is 8.31. The number of carbonyl (C=O) groups is 1. The predicted octanol–water partition coefficient (Wildman–Crippen LogP) is 3.24. The average molecular weight is 267 g/mol. The van der Waals surface area contributed by atoms with Crippen LogP contribution in [0.25, 0.3) is 0 Å². The van der Waals surface area contributed by atoms with Crippen molar-refractivity contribution in [3.63, 3.8) is 0 Å². The van der Waals surface area contributed by atoms with E-state index in [1.807, 2.05) is 6.07 Å². The van der Waals surface area contributed by atoms with E-state index in [1.54, 1.807) is 39.0 Å². The second-order valence-corrected chi connectivity index (χ2v) is 5.18. The molecule has 0 saturated carbocycles. The number of ether oxygens (including phenoxy) is 1. The summed E-state index contributed by atoms with van der Waals surface area (Å²) in [6.07, 6.45) is -0.497. The van der Waals surface area contributed by atoms with E-state index >= 15 is 0 Å². The van der Waals surface area contributed by atoms with E-state index in [-0.39, 0.29) is 6.54 Å². The maximum absolute atomic E-state index is 11.4. The highest BCUT2D eigenvalue weighted by atomic mass is 35.5. The largest absolute Gasteiger partial charge is 0.444 e. The Morgan fingerprint density at radius 1 is 1.50 bits per heavy atom. The fourth-order valence-electron chi connectivity index (χ4n) is 1.24. The summed E-state index contributed by atoms with van der Waals surface area (Å²) in [5.41, 5.74) is 0.695. The van der Waals surface area contributed by atoms with Crippen LogP contribution in [-0.2, 0) is 11.3 Å². The van der Waals surface area contributed by atoms with Crippen LogP contribution in [-0.4, -0.2) is 11.7 Å². The van der Waals surface area contributed by atoms with Crippen molar-refractivity contribution < 1.29 is 9.53 Å².